The Morgan fingerprint density at radius 1 is 0.360 bits per heavy atom. The Balaban J connectivity index is 1.14. The van der Waals surface area contributed by atoms with Crippen molar-refractivity contribution in [1.82, 2.24) is 19.6 Å². The first kappa shape index (κ1) is 27.2. The maximum absolute atomic E-state index is 5.01. The summed E-state index contributed by atoms with van der Waals surface area (Å²) < 4.78 is 2.44. The highest BCUT2D eigenvalue weighted by molar-refractivity contribution is 6.28. The zero-order chi connectivity index (χ0) is 32.8. The zero-order valence-electron chi connectivity index (χ0n) is 27.0. The van der Waals surface area contributed by atoms with E-state index >= 15 is 0 Å². The van der Waals surface area contributed by atoms with Gasteiger partial charge in [-0.25, -0.2) is 0 Å². The van der Waals surface area contributed by atoms with Crippen LogP contribution >= 0.6 is 0 Å². The van der Waals surface area contributed by atoms with Gasteiger partial charge in [-0.05, 0) is 97.4 Å². The van der Waals surface area contributed by atoms with Crippen LogP contribution in [0.2, 0.25) is 0 Å². The molecule has 0 saturated heterocycles. The molecule has 0 fully saturated rings. The minimum atomic E-state index is 0.882. The third-order valence-corrected chi connectivity index (χ3v) is 10.3. The van der Waals surface area contributed by atoms with Gasteiger partial charge in [0.25, 0.3) is 0 Å². The summed E-state index contributed by atoms with van der Waals surface area (Å²) in [6.45, 7) is 0. The summed E-state index contributed by atoms with van der Waals surface area (Å²) in [5.74, 6) is 0. The first-order valence-electron chi connectivity index (χ1n) is 17.0. The van der Waals surface area contributed by atoms with Gasteiger partial charge in [0.05, 0.1) is 16.7 Å². The van der Waals surface area contributed by atoms with E-state index in [-0.39, 0.29) is 0 Å². The van der Waals surface area contributed by atoms with Crippen molar-refractivity contribution in [2.45, 2.75) is 0 Å². The van der Waals surface area contributed by atoms with Crippen LogP contribution < -0.4 is 0 Å². The molecular formula is C46H28N4. The fourth-order valence-electron chi connectivity index (χ4n) is 8.02. The quantitative estimate of drug-likeness (QED) is 0.181. The lowest BCUT2D eigenvalue weighted by atomic mass is 9.96. The maximum Gasteiger partial charge on any atom is 0.122 e. The van der Waals surface area contributed by atoms with Gasteiger partial charge >= 0.3 is 0 Å². The topological polar surface area (TPSA) is 35.6 Å². The van der Waals surface area contributed by atoms with Crippen molar-refractivity contribution in [3.05, 3.63) is 170 Å². The predicted octanol–water partition coefficient (Wildman–Crippen LogP) is 11.8. The molecule has 4 nitrogen and oxygen atoms in total. The van der Waals surface area contributed by atoms with Crippen LogP contribution in [0.4, 0.5) is 0 Å². The van der Waals surface area contributed by atoms with E-state index in [4.69, 9.17) is 10.2 Å². The van der Waals surface area contributed by atoms with Crippen LogP contribution in [-0.2, 0) is 0 Å². The van der Waals surface area contributed by atoms with Gasteiger partial charge in [0.2, 0.25) is 0 Å². The highest BCUT2D eigenvalue weighted by atomic mass is 15.5. The highest BCUT2D eigenvalue weighted by Crippen LogP contribution is 2.41. The molecule has 0 bridgehead atoms. The molecule has 2 heterocycles. The minimum absolute atomic E-state index is 0.882. The third kappa shape index (κ3) is 3.93. The molecule has 11 aromatic rings. The molecule has 232 valence electrons. The summed E-state index contributed by atoms with van der Waals surface area (Å²) in [6.07, 6.45) is 0. The van der Waals surface area contributed by atoms with Gasteiger partial charge in [-0.3, -0.25) is 0 Å². The van der Waals surface area contributed by atoms with Crippen LogP contribution in [0.1, 0.15) is 0 Å². The largest absolute Gasteiger partial charge is 0.309 e. The summed E-state index contributed by atoms with van der Waals surface area (Å²) >= 11 is 0. The molecule has 11 rings (SSSR count). The number of nitrogens with zero attached hydrogens (tertiary/aromatic N) is 4. The summed E-state index contributed by atoms with van der Waals surface area (Å²) in [5, 5.41) is 22.1. The molecule has 4 heteroatoms. The predicted molar refractivity (Wildman–Crippen MR) is 209 cm³/mol. The summed E-state index contributed by atoms with van der Waals surface area (Å²) in [7, 11) is 0. The third-order valence-electron chi connectivity index (χ3n) is 10.3. The van der Waals surface area contributed by atoms with Crippen molar-refractivity contribution in [3.8, 4) is 22.5 Å². The van der Waals surface area contributed by atoms with E-state index in [2.05, 4.69) is 144 Å². The number of rotatable bonds is 3. The van der Waals surface area contributed by atoms with Gasteiger partial charge < -0.3 is 4.57 Å². The molecule has 0 aliphatic heterocycles. The average Bonchev–Trinajstić information content (AvgIpc) is 3.78. The molecule has 0 N–H and O–H groups in total. The lowest BCUT2D eigenvalue weighted by molar-refractivity contribution is 0.766. The van der Waals surface area contributed by atoms with E-state index in [0.29, 0.717) is 0 Å². The Morgan fingerprint density at radius 2 is 0.940 bits per heavy atom. The van der Waals surface area contributed by atoms with Crippen LogP contribution in [0.15, 0.2) is 170 Å². The van der Waals surface area contributed by atoms with Crippen molar-refractivity contribution < 1.29 is 0 Å². The standard InChI is InChI=1S/C46H28N4/c1-2-12-35(13-3-1)50-47-40-24-21-32-19-17-31-18-20-34(28-39(31)43(32)46(40)48-50)33-11-8-14-36(27-33)49-41-25-22-29-9-4-6-15-37(29)44(41)45-38-16-7-5-10-30(38)23-26-42(45)49/h1-28H. The van der Waals surface area contributed by atoms with Gasteiger partial charge in [0, 0.05) is 21.8 Å². The molecule has 9 aromatic carbocycles. The zero-order valence-corrected chi connectivity index (χ0v) is 27.0. The van der Waals surface area contributed by atoms with E-state index in [0.717, 1.165) is 44.3 Å². The lowest BCUT2D eigenvalue weighted by Gasteiger charge is -2.12. The van der Waals surface area contributed by atoms with Gasteiger partial charge in [0.15, 0.2) is 0 Å². The van der Waals surface area contributed by atoms with Gasteiger partial charge in [-0.15, -0.1) is 10.2 Å². The Hall–Kier alpha value is -6.78. The first-order chi connectivity index (χ1) is 24.8. The van der Waals surface area contributed by atoms with Crippen molar-refractivity contribution >= 4 is 75.9 Å². The molecular weight excluding hydrogens is 609 g/mol. The number of hydrogen-bond acceptors (Lipinski definition) is 2. The summed E-state index contributed by atoms with van der Waals surface area (Å²) in [6, 6.07) is 61.0. The Bertz CT molecular complexity index is 3060. The van der Waals surface area contributed by atoms with E-state index < -0.39 is 0 Å². The van der Waals surface area contributed by atoms with E-state index in [9.17, 15) is 0 Å². The minimum Gasteiger partial charge on any atom is -0.309 e. The molecule has 0 atom stereocenters. The van der Waals surface area contributed by atoms with Gasteiger partial charge in [-0.1, -0.05) is 121 Å². The summed E-state index contributed by atoms with van der Waals surface area (Å²) in [4.78, 5) is 1.74. The average molecular weight is 637 g/mol. The first-order valence-corrected chi connectivity index (χ1v) is 17.0. The smallest absolute Gasteiger partial charge is 0.122 e. The normalized spacial score (nSPS) is 12.0. The molecule has 0 amide bonds. The number of fused-ring (bicyclic) bond motifs is 12. The van der Waals surface area contributed by atoms with Gasteiger partial charge in [-0.2, -0.15) is 4.80 Å². The van der Waals surface area contributed by atoms with Crippen LogP contribution in [0, 0.1) is 0 Å². The van der Waals surface area contributed by atoms with Crippen LogP contribution in [0.5, 0.6) is 0 Å². The molecule has 0 saturated carbocycles. The molecule has 2 aromatic heterocycles. The number of hydrogen-bond donors (Lipinski definition) is 0. The van der Waals surface area contributed by atoms with Crippen LogP contribution in [0.3, 0.4) is 0 Å². The fourth-order valence-corrected chi connectivity index (χ4v) is 8.02. The Kier molecular flexibility index (Phi) is 5.63. The molecule has 50 heavy (non-hydrogen) atoms. The Labute approximate surface area is 287 Å². The highest BCUT2D eigenvalue weighted by Gasteiger charge is 2.18. The van der Waals surface area contributed by atoms with Crippen molar-refractivity contribution in [3.63, 3.8) is 0 Å². The molecule has 0 aliphatic rings. The fraction of sp³-hybridized carbons (Fsp3) is 0. The second-order valence-corrected chi connectivity index (χ2v) is 13.1. The molecule has 0 aliphatic carbocycles. The monoisotopic (exact) mass is 636 g/mol. The van der Waals surface area contributed by atoms with Crippen molar-refractivity contribution in [1.29, 1.82) is 0 Å². The molecule has 0 unspecified atom stereocenters. The molecule has 0 spiro atoms. The number of para-hydroxylation sites is 1. The number of benzene rings is 9. The SMILES string of the molecule is c1ccc(-n2nc3ccc4ccc5ccc(-c6cccc(-n7c8ccc9ccccc9c8c8c9ccccc9ccc87)c6)cc5c4c3n2)cc1. The number of aromatic nitrogens is 4. The van der Waals surface area contributed by atoms with E-state index in [1.54, 1.807) is 4.80 Å². The van der Waals surface area contributed by atoms with Gasteiger partial charge in [0.1, 0.15) is 11.0 Å². The van der Waals surface area contributed by atoms with E-state index in [1.807, 2.05) is 30.3 Å². The Morgan fingerprint density at radius 3 is 1.70 bits per heavy atom. The second-order valence-electron chi connectivity index (χ2n) is 13.1. The van der Waals surface area contributed by atoms with Crippen LogP contribution in [-0.4, -0.2) is 19.6 Å². The second kappa shape index (κ2) is 10.4. The van der Waals surface area contributed by atoms with E-state index in [1.165, 1.54) is 54.1 Å². The van der Waals surface area contributed by atoms with Crippen molar-refractivity contribution in [2.24, 2.45) is 0 Å². The molecule has 0 radical (unpaired) electrons. The van der Waals surface area contributed by atoms with Crippen LogP contribution in [0.25, 0.3) is 98.4 Å². The summed E-state index contributed by atoms with van der Waals surface area (Å²) in [5.41, 5.74) is 8.62. The lowest BCUT2D eigenvalue weighted by Crippen LogP contribution is -1.97. The van der Waals surface area contributed by atoms with Crippen molar-refractivity contribution in [2.75, 3.05) is 0 Å². The maximum atomic E-state index is 5.01.